The van der Waals surface area contributed by atoms with Crippen LogP contribution in [0.2, 0.25) is 0 Å². The van der Waals surface area contributed by atoms with Gasteiger partial charge in [0.1, 0.15) is 6.33 Å². The normalized spacial score (nSPS) is 10.8. The van der Waals surface area contributed by atoms with Crippen molar-refractivity contribution in [3.63, 3.8) is 0 Å². The smallest absolute Gasteiger partial charge is 0.377 e. The zero-order chi connectivity index (χ0) is 14.5. The van der Waals surface area contributed by atoms with Crippen molar-refractivity contribution < 1.29 is 9.53 Å². The molecule has 0 fully saturated rings. The van der Waals surface area contributed by atoms with Gasteiger partial charge in [-0.05, 0) is 24.7 Å². The van der Waals surface area contributed by atoms with Crippen LogP contribution in [-0.2, 0) is 18.0 Å². The molecule has 1 aromatic carbocycles. The molecule has 0 unspecified atom stereocenters. The standard InChI is InChI=1S/C13H15BrN4O2/c1-17(7-10-3-5-11(14)6-4-10)9-18-8-15-12(16-18)13(19)20-2/h3-6,8H,7,9H2,1-2H3. The van der Waals surface area contributed by atoms with E-state index in [0.717, 1.165) is 11.0 Å². The van der Waals surface area contributed by atoms with Crippen LogP contribution in [0.5, 0.6) is 0 Å². The van der Waals surface area contributed by atoms with Gasteiger partial charge in [-0.3, -0.25) is 4.90 Å². The first-order chi connectivity index (χ1) is 9.58. The molecule has 2 rings (SSSR count). The van der Waals surface area contributed by atoms with Crippen molar-refractivity contribution in [2.24, 2.45) is 0 Å². The van der Waals surface area contributed by atoms with Crippen LogP contribution in [0.25, 0.3) is 0 Å². The number of methoxy groups -OCH3 is 1. The minimum absolute atomic E-state index is 0.0736. The SMILES string of the molecule is COC(=O)c1ncn(CN(C)Cc2ccc(Br)cc2)n1. The fourth-order valence-electron chi connectivity index (χ4n) is 1.75. The molecule has 0 aliphatic heterocycles. The summed E-state index contributed by atoms with van der Waals surface area (Å²) in [5.41, 5.74) is 1.20. The van der Waals surface area contributed by atoms with Crippen LogP contribution in [0, 0.1) is 0 Å². The highest BCUT2D eigenvalue weighted by Crippen LogP contribution is 2.11. The number of nitrogens with zero attached hydrogens (tertiary/aromatic N) is 4. The predicted octanol–water partition coefficient (Wildman–Crippen LogP) is 1.92. The summed E-state index contributed by atoms with van der Waals surface area (Å²) in [6.45, 7) is 1.32. The molecule has 106 valence electrons. The lowest BCUT2D eigenvalue weighted by atomic mass is 10.2. The number of carbonyl (C=O) groups is 1. The number of ether oxygens (including phenoxy) is 1. The predicted molar refractivity (Wildman–Crippen MR) is 77.0 cm³/mol. The summed E-state index contributed by atoms with van der Waals surface area (Å²) >= 11 is 3.41. The summed E-state index contributed by atoms with van der Waals surface area (Å²) < 4.78 is 7.23. The van der Waals surface area contributed by atoms with Gasteiger partial charge >= 0.3 is 5.97 Å². The molecule has 7 heteroatoms. The second-order valence-corrected chi connectivity index (χ2v) is 5.30. The number of benzene rings is 1. The topological polar surface area (TPSA) is 60.2 Å². The molecule has 0 N–H and O–H groups in total. The van der Waals surface area contributed by atoms with Crippen LogP contribution in [0.3, 0.4) is 0 Å². The first-order valence-corrected chi connectivity index (χ1v) is 6.78. The van der Waals surface area contributed by atoms with Crippen LogP contribution >= 0.6 is 15.9 Å². The second-order valence-electron chi connectivity index (χ2n) is 4.38. The fraction of sp³-hybridized carbons (Fsp3) is 0.308. The van der Waals surface area contributed by atoms with Crippen molar-refractivity contribution >= 4 is 21.9 Å². The van der Waals surface area contributed by atoms with Crippen molar-refractivity contribution in [2.45, 2.75) is 13.2 Å². The Morgan fingerprint density at radius 2 is 2.10 bits per heavy atom. The van der Waals surface area contributed by atoms with Gasteiger partial charge in [0, 0.05) is 11.0 Å². The average Bonchev–Trinajstić information content (AvgIpc) is 2.89. The summed E-state index contributed by atoms with van der Waals surface area (Å²) in [4.78, 5) is 17.2. The Labute approximate surface area is 125 Å². The summed E-state index contributed by atoms with van der Waals surface area (Å²) in [5.74, 6) is -0.455. The minimum Gasteiger partial charge on any atom is -0.463 e. The third-order valence-electron chi connectivity index (χ3n) is 2.66. The molecule has 0 atom stereocenters. The Morgan fingerprint density at radius 3 is 2.75 bits per heavy atom. The number of halogens is 1. The first kappa shape index (κ1) is 14.7. The number of hydrogen-bond acceptors (Lipinski definition) is 5. The molecular weight excluding hydrogens is 324 g/mol. The quantitative estimate of drug-likeness (QED) is 0.779. The number of rotatable bonds is 5. The van der Waals surface area contributed by atoms with E-state index in [4.69, 9.17) is 0 Å². The number of carbonyl (C=O) groups excluding carboxylic acids is 1. The van der Waals surface area contributed by atoms with E-state index in [0.29, 0.717) is 6.67 Å². The van der Waals surface area contributed by atoms with Crippen molar-refractivity contribution in [3.8, 4) is 0 Å². The molecule has 6 nitrogen and oxygen atoms in total. The Hall–Kier alpha value is -1.73. The molecular formula is C13H15BrN4O2. The molecule has 1 heterocycles. The molecule has 0 saturated carbocycles. The van der Waals surface area contributed by atoms with Crippen molar-refractivity contribution in [1.29, 1.82) is 0 Å². The molecule has 2 aromatic rings. The summed E-state index contributed by atoms with van der Waals surface area (Å²) in [7, 11) is 3.28. The van der Waals surface area contributed by atoms with Crippen LogP contribution < -0.4 is 0 Å². The Bertz CT molecular complexity index is 582. The summed E-state index contributed by atoms with van der Waals surface area (Å²) in [6, 6.07) is 8.13. The third kappa shape index (κ3) is 3.88. The van der Waals surface area contributed by atoms with Crippen molar-refractivity contribution in [3.05, 3.63) is 46.5 Å². The van der Waals surface area contributed by atoms with Gasteiger partial charge < -0.3 is 4.74 Å². The van der Waals surface area contributed by atoms with Crippen molar-refractivity contribution in [2.75, 3.05) is 14.2 Å². The molecule has 0 spiro atoms. The zero-order valence-electron chi connectivity index (χ0n) is 11.3. The van der Waals surface area contributed by atoms with Crippen LogP contribution in [0.15, 0.2) is 35.1 Å². The van der Waals surface area contributed by atoms with Gasteiger partial charge in [0.15, 0.2) is 0 Å². The number of esters is 1. The van der Waals surface area contributed by atoms with Gasteiger partial charge in [0.25, 0.3) is 5.82 Å². The average molecular weight is 339 g/mol. The van der Waals surface area contributed by atoms with Gasteiger partial charge in [0.2, 0.25) is 0 Å². The van der Waals surface area contributed by atoms with E-state index in [-0.39, 0.29) is 5.82 Å². The second kappa shape index (κ2) is 6.62. The maximum absolute atomic E-state index is 11.3. The maximum Gasteiger partial charge on any atom is 0.377 e. The highest BCUT2D eigenvalue weighted by molar-refractivity contribution is 9.10. The van der Waals surface area contributed by atoms with Gasteiger partial charge in [-0.25, -0.2) is 14.5 Å². The van der Waals surface area contributed by atoms with E-state index in [9.17, 15) is 4.79 Å². The molecule has 0 aliphatic rings. The molecule has 20 heavy (non-hydrogen) atoms. The lowest BCUT2D eigenvalue weighted by Gasteiger charge is -2.16. The van der Waals surface area contributed by atoms with E-state index in [1.165, 1.54) is 19.0 Å². The van der Waals surface area contributed by atoms with Crippen LogP contribution in [0.4, 0.5) is 0 Å². The molecule has 0 saturated heterocycles. The number of aromatic nitrogens is 3. The molecule has 0 amide bonds. The van der Waals surface area contributed by atoms with Gasteiger partial charge in [-0.15, -0.1) is 5.10 Å². The highest BCUT2D eigenvalue weighted by Gasteiger charge is 2.11. The Morgan fingerprint density at radius 1 is 1.40 bits per heavy atom. The van der Waals surface area contributed by atoms with Crippen LogP contribution in [-0.4, -0.2) is 39.8 Å². The first-order valence-electron chi connectivity index (χ1n) is 5.99. The lowest BCUT2D eigenvalue weighted by molar-refractivity contribution is 0.0585. The number of hydrogen-bond donors (Lipinski definition) is 0. The zero-order valence-corrected chi connectivity index (χ0v) is 12.9. The summed E-state index contributed by atoms with van der Waals surface area (Å²) in [5, 5.41) is 4.06. The molecule has 0 radical (unpaired) electrons. The highest BCUT2D eigenvalue weighted by atomic mass is 79.9. The molecule has 0 bridgehead atoms. The largest absolute Gasteiger partial charge is 0.463 e. The minimum atomic E-state index is -0.528. The van der Waals surface area contributed by atoms with E-state index in [2.05, 4.69) is 47.8 Å². The van der Waals surface area contributed by atoms with Crippen LogP contribution in [0.1, 0.15) is 16.2 Å². The molecule has 0 aliphatic carbocycles. The maximum atomic E-state index is 11.3. The van der Waals surface area contributed by atoms with Gasteiger partial charge in [-0.2, -0.15) is 0 Å². The monoisotopic (exact) mass is 338 g/mol. The van der Waals surface area contributed by atoms with E-state index >= 15 is 0 Å². The van der Waals surface area contributed by atoms with E-state index in [1.54, 1.807) is 4.68 Å². The summed E-state index contributed by atoms with van der Waals surface area (Å²) in [6.07, 6.45) is 1.52. The lowest BCUT2D eigenvalue weighted by Crippen LogP contribution is -2.22. The van der Waals surface area contributed by atoms with Crippen molar-refractivity contribution in [1.82, 2.24) is 19.7 Å². The Kier molecular flexibility index (Phi) is 4.86. The Balaban J connectivity index is 1.94. The van der Waals surface area contributed by atoms with Gasteiger partial charge in [-0.1, -0.05) is 28.1 Å². The van der Waals surface area contributed by atoms with E-state index < -0.39 is 5.97 Å². The van der Waals surface area contributed by atoms with E-state index in [1.807, 2.05) is 19.2 Å². The fourth-order valence-corrected chi connectivity index (χ4v) is 2.01. The molecule has 1 aromatic heterocycles. The van der Waals surface area contributed by atoms with Gasteiger partial charge in [0.05, 0.1) is 13.8 Å². The third-order valence-corrected chi connectivity index (χ3v) is 3.19.